The molecule has 1 unspecified atom stereocenters. The number of rotatable bonds is 0. The quantitative estimate of drug-likeness (QED) is 0.193. The van der Waals surface area contributed by atoms with Crippen LogP contribution < -0.4 is 29.6 Å². The van der Waals surface area contributed by atoms with Crippen molar-refractivity contribution in [2.24, 2.45) is 0 Å². The average molecular weight is 240 g/mol. The molecule has 0 rings (SSSR count). The van der Waals surface area contributed by atoms with Gasteiger partial charge in [0.15, 0.2) is 0 Å². The summed E-state index contributed by atoms with van der Waals surface area (Å²) in [6, 6.07) is 0. The Morgan fingerprint density at radius 1 is 1.27 bits per heavy atom. The van der Waals surface area contributed by atoms with Crippen LogP contribution in [-0.4, -0.2) is 68.6 Å². The fraction of sp³-hybridized carbons (Fsp3) is 0. The van der Waals surface area contributed by atoms with E-state index in [1.54, 1.807) is 0 Å². The van der Waals surface area contributed by atoms with Crippen LogP contribution in [0.15, 0.2) is 0 Å². The zero-order valence-corrected chi connectivity index (χ0v) is 11.3. The van der Waals surface area contributed by atoms with E-state index in [1.165, 1.54) is 0 Å². The van der Waals surface area contributed by atoms with E-state index < -0.39 is 21.8 Å². The molecule has 1 N–H and O–H groups in total. The first-order valence-corrected chi connectivity index (χ1v) is 3.55. The Labute approximate surface area is 118 Å². The van der Waals surface area contributed by atoms with Gasteiger partial charge in [-0.1, -0.05) is 0 Å². The van der Waals surface area contributed by atoms with Crippen molar-refractivity contribution in [1.29, 1.82) is 0 Å². The minimum Gasteiger partial charge on any atom is -0.759 e. The summed E-state index contributed by atoms with van der Waals surface area (Å²) in [5, 5.41) is 0. The molecule has 0 aromatic heterocycles. The Balaban J connectivity index is -0.0000000383. The van der Waals surface area contributed by atoms with Gasteiger partial charge in [-0.2, -0.15) is 0 Å². The van der Waals surface area contributed by atoms with Gasteiger partial charge in [-0.15, -0.1) is 0 Å². The molecule has 0 aromatic carbocycles. The van der Waals surface area contributed by atoms with Gasteiger partial charge in [-0.05, 0) is 0 Å². The SMILES string of the molecule is O=S(=O)([O-])[O-].O=S([O-])O.[Ca+2].[Na+]. The molecule has 11 heavy (non-hydrogen) atoms. The van der Waals surface area contributed by atoms with Gasteiger partial charge in [0.2, 0.25) is 0 Å². The second-order valence-electron chi connectivity index (χ2n) is 0.625. The van der Waals surface area contributed by atoms with Crippen LogP contribution in [0.1, 0.15) is 0 Å². The van der Waals surface area contributed by atoms with Crippen LogP contribution in [-0.2, 0) is 21.8 Å². The first-order valence-electron chi connectivity index (χ1n) is 1.18. The Hall–Kier alpha value is 2.20. The summed E-state index contributed by atoms with van der Waals surface area (Å²) in [7, 11) is -5.17. The fourth-order valence-electron chi connectivity index (χ4n) is 0. The monoisotopic (exact) mass is 240 g/mol. The van der Waals surface area contributed by atoms with Crippen LogP contribution in [0.2, 0.25) is 0 Å². The van der Waals surface area contributed by atoms with E-state index in [1.807, 2.05) is 0 Å². The van der Waals surface area contributed by atoms with Crippen molar-refractivity contribution in [3.05, 3.63) is 0 Å². The third-order valence-electron chi connectivity index (χ3n) is 0. The normalized spacial score (nSPS) is 10.9. The van der Waals surface area contributed by atoms with Crippen LogP contribution in [0.25, 0.3) is 0 Å². The summed E-state index contributed by atoms with van der Waals surface area (Å²) in [5.41, 5.74) is 0. The molecule has 0 amide bonds. The number of hydrogen-bond donors (Lipinski definition) is 1. The molecule has 0 aromatic rings. The summed E-state index contributed by atoms with van der Waals surface area (Å²) < 4.78 is 58.2. The standard InChI is InChI=1S/Ca.Na.H2O4S.H2O3S/c;;1-5(2,3)4;1-4(2)3/h;;(H2,1,2,3,4);(H2,1,2,3)/q+2;+1;;/p-3. The molecule has 0 aliphatic rings. The van der Waals surface area contributed by atoms with Gasteiger partial charge in [-0.25, -0.2) is 4.21 Å². The average Bonchev–Trinajstić information content (AvgIpc) is 1.19. The van der Waals surface area contributed by atoms with Gasteiger partial charge in [0.1, 0.15) is 0 Å². The predicted octanol–water partition coefficient (Wildman–Crippen LogP) is -5.38. The maximum atomic E-state index is 8.56. The first kappa shape index (κ1) is 23.2. The van der Waals surface area contributed by atoms with Crippen LogP contribution in [0.4, 0.5) is 0 Å². The Morgan fingerprint density at radius 3 is 1.27 bits per heavy atom. The molecule has 1 atom stereocenters. The maximum Gasteiger partial charge on any atom is 2.00 e. The van der Waals surface area contributed by atoms with E-state index in [0.29, 0.717) is 0 Å². The van der Waals surface area contributed by atoms with Crippen LogP contribution in [0, 0.1) is 0 Å². The zero-order valence-electron chi connectivity index (χ0n) is 5.42. The van der Waals surface area contributed by atoms with E-state index in [4.69, 9.17) is 30.8 Å². The molecule has 11 heteroatoms. The summed E-state index contributed by atoms with van der Waals surface area (Å²) in [6.45, 7) is 0. The van der Waals surface area contributed by atoms with E-state index in [2.05, 4.69) is 0 Å². The third kappa shape index (κ3) is 262. The van der Waals surface area contributed by atoms with Crippen molar-refractivity contribution < 1.29 is 60.4 Å². The van der Waals surface area contributed by atoms with Crippen LogP contribution >= 0.6 is 0 Å². The molecule has 0 bridgehead atoms. The molecule has 0 heterocycles. The van der Waals surface area contributed by atoms with Gasteiger partial charge in [0.05, 0.1) is 11.4 Å². The second-order valence-corrected chi connectivity index (χ2v) is 1.88. The minimum atomic E-state index is -5.17. The van der Waals surface area contributed by atoms with Gasteiger partial charge in [0, 0.05) is 10.4 Å². The van der Waals surface area contributed by atoms with E-state index >= 15 is 0 Å². The first-order chi connectivity index (χ1) is 3.73. The Bertz CT molecular complexity index is 159. The van der Waals surface area contributed by atoms with E-state index in [-0.39, 0.29) is 67.3 Å². The molecule has 0 aliphatic carbocycles. The summed E-state index contributed by atoms with van der Waals surface area (Å²) >= 11 is -2.86. The molecule has 7 nitrogen and oxygen atoms in total. The zero-order chi connectivity index (χ0) is 8.08. The molecular formula is HCaNaO7S2. The van der Waals surface area contributed by atoms with Crippen LogP contribution in [0.3, 0.4) is 0 Å². The van der Waals surface area contributed by atoms with Crippen molar-refractivity contribution in [3.63, 3.8) is 0 Å². The van der Waals surface area contributed by atoms with Gasteiger partial charge >= 0.3 is 67.3 Å². The molecule has 0 fully saturated rings. The summed E-state index contributed by atoms with van der Waals surface area (Å²) in [5.74, 6) is 0. The van der Waals surface area contributed by atoms with Crippen molar-refractivity contribution in [3.8, 4) is 0 Å². The minimum absolute atomic E-state index is 0. The third-order valence-corrected chi connectivity index (χ3v) is 0. The summed E-state index contributed by atoms with van der Waals surface area (Å²) in [6.07, 6.45) is 0. The predicted molar refractivity (Wildman–Crippen MR) is 27.8 cm³/mol. The molecule has 0 spiro atoms. The fourth-order valence-corrected chi connectivity index (χ4v) is 0. The van der Waals surface area contributed by atoms with Crippen molar-refractivity contribution in [2.45, 2.75) is 0 Å². The summed E-state index contributed by atoms with van der Waals surface area (Å²) in [4.78, 5) is 0. The van der Waals surface area contributed by atoms with Crippen LogP contribution in [0.5, 0.6) is 0 Å². The van der Waals surface area contributed by atoms with Crippen molar-refractivity contribution >= 4 is 59.5 Å². The van der Waals surface area contributed by atoms with E-state index in [9.17, 15) is 0 Å². The van der Waals surface area contributed by atoms with Crippen molar-refractivity contribution in [1.82, 2.24) is 0 Å². The van der Waals surface area contributed by atoms with Crippen molar-refractivity contribution in [2.75, 3.05) is 0 Å². The Kier molecular flexibility index (Phi) is 25.7. The molecule has 0 saturated carbocycles. The topological polar surface area (TPSA) is 141 Å². The molecule has 0 radical (unpaired) electrons. The van der Waals surface area contributed by atoms with Gasteiger partial charge in [-0.3, -0.25) is 8.42 Å². The second kappa shape index (κ2) is 12.2. The van der Waals surface area contributed by atoms with Gasteiger partial charge < -0.3 is 18.2 Å². The Morgan fingerprint density at radius 2 is 1.27 bits per heavy atom. The smallest absolute Gasteiger partial charge is 0.759 e. The molecular weight excluding hydrogens is 239 g/mol. The largest absolute Gasteiger partial charge is 2.00 e. The molecule has 0 aliphatic heterocycles. The van der Waals surface area contributed by atoms with Gasteiger partial charge in [0.25, 0.3) is 0 Å². The molecule has 58 valence electrons. The molecule has 0 saturated heterocycles. The maximum absolute atomic E-state index is 8.56. The number of hydrogen-bond acceptors (Lipinski definition) is 6. The van der Waals surface area contributed by atoms with E-state index in [0.717, 1.165) is 0 Å².